The second-order valence-corrected chi connectivity index (χ2v) is 7.35. The summed E-state index contributed by atoms with van der Waals surface area (Å²) in [6.07, 6.45) is 7.95. The molecule has 4 rings (SSSR count). The Morgan fingerprint density at radius 2 is 1.93 bits per heavy atom. The van der Waals surface area contributed by atoms with Gasteiger partial charge in [-0.2, -0.15) is 10.1 Å². The Kier molecular flexibility index (Phi) is 5.34. The van der Waals surface area contributed by atoms with E-state index in [1.165, 1.54) is 6.42 Å². The van der Waals surface area contributed by atoms with Gasteiger partial charge >= 0.3 is 5.97 Å². The molecule has 0 unspecified atom stereocenters. The fourth-order valence-corrected chi connectivity index (χ4v) is 3.91. The molecule has 1 fully saturated rings. The number of benzene rings is 1. The summed E-state index contributed by atoms with van der Waals surface area (Å²) in [5.74, 6) is 0.450. The van der Waals surface area contributed by atoms with Crippen LogP contribution in [0.4, 0.5) is 0 Å². The molecule has 1 aliphatic rings. The fourth-order valence-electron chi connectivity index (χ4n) is 3.79. The maximum Gasteiger partial charge on any atom is 0.338 e. The lowest BCUT2D eigenvalue weighted by Crippen LogP contribution is -2.29. The summed E-state index contributed by atoms with van der Waals surface area (Å²) in [4.78, 5) is 20.6. The Bertz CT molecular complexity index is 928. The molecule has 2 aromatic heterocycles. The molecule has 6 nitrogen and oxygen atoms in total. The average molecular weight is 385 g/mol. The van der Waals surface area contributed by atoms with Crippen LogP contribution in [0.3, 0.4) is 0 Å². The topological polar surface area (TPSA) is 69.9 Å². The molecule has 7 heteroatoms. The molecule has 3 aromatic rings. The van der Waals surface area contributed by atoms with Crippen molar-refractivity contribution in [2.75, 3.05) is 6.61 Å². The van der Waals surface area contributed by atoms with Crippen molar-refractivity contribution < 1.29 is 9.53 Å². The van der Waals surface area contributed by atoms with E-state index >= 15 is 0 Å². The summed E-state index contributed by atoms with van der Waals surface area (Å²) in [7, 11) is 0. The zero-order valence-electron chi connectivity index (χ0n) is 14.9. The van der Waals surface area contributed by atoms with Gasteiger partial charge in [-0.1, -0.05) is 31.0 Å². The predicted molar refractivity (Wildman–Crippen MR) is 103 cm³/mol. The Morgan fingerprint density at radius 3 is 2.74 bits per heavy atom. The van der Waals surface area contributed by atoms with E-state index in [1.807, 2.05) is 22.9 Å². The molecule has 0 N–H and O–H groups in total. The van der Waals surface area contributed by atoms with Gasteiger partial charge < -0.3 is 4.74 Å². The lowest BCUT2D eigenvalue weighted by atomic mass is 9.79. The van der Waals surface area contributed by atoms with Gasteiger partial charge in [0.15, 0.2) is 5.65 Å². The van der Waals surface area contributed by atoms with Crippen molar-refractivity contribution >= 4 is 28.6 Å². The van der Waals surface area contributed by atoms with Crippen LogP contribution in [0.1, 0.15) is 36.0 Å². The minimum absolute atomic E-state index is 0.223. The van der Waals surface area contributed by atoms with Crippen LogP contribution in [0.25, 0.3) is 11.0 Å². The van der Waals surface area contributed by atoms with E-state index in [9.17, 15) is 4.79 Å². The molecule has 0 radical (unpaired) electrons. The molecule has 140 valence electrons. The van der Waals surface area contributed by atoms with Crippen LogP contribution in [0.15, 0.2) is 42.7 Å². The average Bonchev–Trinajstić information content (AvgIpc) is 3.09. The summed E-state index contributed by atoms with van der Waals surface area (Å²) in [5.41, 5.74) is 1.34. The number of hydrogen-bond acceptors (Lipinski definition) is 5. The first-order chi connectivity index (χ1) is 13.2. The van der Waals surface area contributed by atoms with Gasteiger partial charge in [-0.05, 0) is 48.4 Å². The SMILES string of the molecule is O=C(OC[C@@H]1CCCC[C@@H]1Cn1ncc2cnc(Cl)nc21)c1ccccc1. The third-order valence-electron chi connectivity index (χ3n) is 5.26. The van der Waals surface area contributed by atoms with Gasteiger partial charge in [0.2, 0.25) is 5.28 Å². The molecule has 1 saturated carbocycles. The number of rotatable bonds is 5. The summed E-state index contributed by atoms with van der Waals surface area (Å²) >= 11 is 5.94. The van der Waals surface area contributed by atoms with Gasteiger partial charge in [0.25, 0.3) is 0 Å². The third-order valence-corrected chi connectivity index (χ3v) is 5.44. The first kappa shape index (κ1) is 17.9. The largest absolute Gasteiger partial charge is 0.462 e. The van der Waals surface area contributed by atoms with Gasteiger partial charge in [0.05, 0.1) is 23.8 Å². The molecule has 1 aromatic carbocycles. The van der Waals surface area contributed by atoms with Crippen LogP contribution in [0.2, 0.25) is 5.28 Å². The van der Waals surface area contributed by atoms with Crippen LogP contribution in [-0.4, -0.2) is 32.3 Å². The lowest BCUT2D eigenvalue weighted by molar-refractivity contribution is 0.0324. The van der Waals surface area contributed by atoms with E-state index in [0.717, 1.165) is 36.8 Å². The minimum Gasteiger partial charge on any atom is -0.462 e. The number of carbonyl (C=O) groups is 1. The second-order valence-electron chi connectivity index (χ2n) is 7.01. The third kappa shape index (κ3) is 4.11. The Balaban J connectivity index is 1.44. The van der Waals surface area contributed by atoms with Crippen molar-refractivity contribution in [2.45, 2.75) is 32.2 Å². The molecule has 0 aliphatic heterocycles. The predicted octanol–water partition coefficient (Wildman–Crippen LogP) is 4.14. The summed E-state index contributed by atoms with van der Waals surface area (Å²) in [6.45, 7) is 1.18. The highest BCUT2D eigenvalue weighted by Gasteiger charge is 2.27. The van der Waals surface area contributed by atoms with E-state index < -0.39 is 0 Å². The summed E-state index contributed by atoms with van der Waals surface area (Å²) in [6, 6.07) is 9.13. The minimum atomic E-state index is -0.260. The molecule has 0 saturated heterocycles. The molecular formula is C20H21ClN4O2. The van der Waals surface area contributed by atoms with Crippen molar-refractivity contribution in [3.05, 3.63) is 53.6 Å². The van der Waals surface area contributed by atoms with Gasteiger partial charge in [0.1, 0.15) is 0 Å². The van der Waals surface area contributed by atoms with Crippen LogP contribution >= 0.6 is 11.6 Å². The smallest absolute Gasteiger partial charge is 0.338 e. The first-order valence-electron chi connectivity index (χ1n) is 9.27. The summed E-state index contributed by atoms with van der Waals surface area (Å²) < 4.78 is 7.50. The molecular weight excluding hydrogens is 364 g/mol. The van der Waals surface area contributed by atoms with Crippen molar-refractivity contribution in [3.8, 4) is 0 Å². The van der Waals surface area contributed by atoms with E-state index in [0.29, 0.717) is 24.0 Å². The highest BCUT2D eigenvalue weighted by Crippen LogP contribution is 2.32. The quantitative estimate of drug-likeness (QED) is 0.488. The van der Waals surface area contributed by atoms with Gasteiger partial charge in [-0.25, -0.2) is 14.5 Å². The molecule has 2 atom stereocenters. The van der Waals surface area contributed by atoms with Crippen molar-refractivity contribution in [1.29, 1.82) is 0 Å². The zero-order chi connectivity index (χ0) is 18.6. The molecule has 1 aliphatic carbocycles. The van der Waals surface area contributed by atoms with E-state index in [4.69, 9.17) is 16.3 Å². The van der Waals surface area contributed by atoms with Crippen LogP contribution in [-0.2, 0) is 11.3 Å². The van der Waals surface area contributed by atoms with Crippen molar-refractivity contribution in [2.24, 2.45) is 11.8 Å². The van der Waals surface area contributed by atoms with E-state index in [2.05, 4.69) is 15.1 Å². The molecule has 0 bridgehead atoms. The highest BCUT2D eigenvalue weighted by atomic mass is 35.5. The number of carbonyl (C=O) groups excluding carboxylic acids is 1. The Labute approximate surface area is 162 Å². The second kappa shape index (κ2) is 8.05. The number of ether oxygens (including phenoxy) is 1. The Morgan fingerprint density at radius 1 is 1.15 bits per heavy atom. The summed E-state index contributed by atoms with van der Waals surface area (Å²) in [5, 5.41) is 5.56. The zero-order valence-corrected chi connectivity index (χ0v) is 15.7. The van der Waals surface area contributed by atoms with Crippen molar-refractivity contribution in [1.82, 2.24) is 19.7 Å². The number of esters is 1. The number of nitrogens with zero attached hydrogens (tertiary/aromatic N) is 4. The van der Waals surface area contributed by atoms with Crippen LogP contribution in [0.5, 0.6) is 0 Å². The van der Waals surface area contributed by atoms with Crippen LogP contribution in [0, 0.1) is 11.8 Å². The lowest BCUT2D eigenvalue weighted by Gasteiger charge is -2.31. The molecule has 0 spiro atoms. The molecule has 2 heterocycles. The molecule has 0 amide bonds. The number of aromatic nitrogens is 4. The van der Waals surface area contributed by atoms with Gasteiger partial charge in [-0.3, -0.25) is 0 Å². The fraction of sp³-hybridized carbons (Fsp3) is 0.400. The van der Waals surface area contributed by atoms with E-state index in [-0.39, 0.29) is 11.3 Å². The maximum atomic E-state index is 12.3. The normalized spacial score (nSPS) is 19.9. The van der Waals surface area contributed by atoms with Crippen LogP contribution < -0.4 is 0 Å². The van der Waals surface area contributed by atoms with Crippen molar-refractivity contribution in [3.63, 3.8) is 0 Å². The molecule has 27 heavy (non-hydrogen) atoms. The van der Waals surface area contributed by atoms with Gasteiger partial charge in [0, 0.05) is 12.7 Å². The Hall–Kier alpha value is -2.47. The standard InChI is InChI=1S/C20H21ClN4O2/c21-20-22-10-17-11-23-25(18(17)24-20)12-15-8-4-5-9-16(15)13-27-19(26)14-6-2-1-3-7-14/h1-3,6-7,10-11,15-16H,4-5,8-9,12-13H2/t15-,16+/m1/s1. The monoisotopic (exact) mass is 384 g/mol. The number of hydrogen-bond donors (Lipinski definition) is 0. The maximum absolute atomic E-state index is 12.3. The highest BCUT2D eigenvalue weighted by molar-refractivity contribution is 6.28. The van der Waals surface area contributed by atoms with E-state index in [1.54, 1.807) is 24.5 Å². The first-order valence-corrected chi connectivity index (χ1v) is 9.65. The van der Waals surface area contributed by atoms with Gasteiger partial charge in [-0.15, -0.1) is 0 Å². The number of halogens is 1. The number of fused-ring (bicyclic) bond motifs is 1.